The molecule has 17 heavy (non-hydrogen) atoms. The Morgan fingerprint density at radius 1 is 1.00 bits per heavy atom. The van der Waals surface area contributed by atoms with Crippen molar-refractivity contribution >= 4 is 33.4 Å². The maximum atomic E-state index is 3.46. The van der Waals surface area contributed by atoms with Crippen molar-refractivity contribution in [2.45, 2.75) is 6.92 Å². The minimum atomic E-state index is 1.10. The predicted molar refractivity (Wildman–Crippen MR) is 78.7 cm³/mol. The molecule has 0 aliphatic carbocycles. The molecule has 2 heteroatoms. The lowest BCUT2D eigenvalue weighted by molar-refractivity contribution is 1.53. The van der Waals surface area contributed by atoms with Crippen molar-refractivity contribution in [3.8, 4) is 0 Å². The van der Waals surface area contributed by atoms with Crippen molar-refractivity contribution in [3.05, 3.63) is 64.6 Å². The fourth-order valence-corrected chi connectivity index (χ4v) is 1.87. The van der Waals surface area contributed by atoms with Crippen molar-refractivity contribution in [3.63, 3.8) is 0 Å². The van der Waals surface area contributed by atoms with Gasteiger partial charge in [-0.3, -0.25) is 0 Å². The van der Waals surface area contributed by atoms with Gasteiger partial charge in [-0.25, -0.2) is 0 Å². The first-order chi connectivity index (χ1) is 8.25. The lowest BCUT2D eigenvalue weighted by Gasteiger charge is -2.09. The van der Waals surface area contributed by atoms with Crippen LogP contribution in [-0.4, -0.2) is 0 Å². The van der Waals surface area contributed by atoms with Crippen molar-refractivity contribution in [1.29, 1.82) is 0 Å². The molecule has 1 nitrogen and oxygen atoms in total. The lowest BCUT2D eigenvalue weighted by Crippen LogP contribution is -1.92. The van der Waals surface area contributed by atoms with Crippen LogP contribution in [0.2, 0.25) is 0 Å². The predicted octanol–water partition coefficient (Wildman–Crippen LogP) is 5.19. The van der Waals surface area contributed by atoms with E-state index < -0.39 is 0 Å². The van der Waals surface area contributed by atoms with E-state index in [1.54, 1.807) is 0 Å². The number of halogens is 1. The zero-order chi connectivity index (χ0) is 12.1. The molecule has 1 N–H and O–H groups in total. The summed E-state index contributed by atoms with van der Waals surface area (Å²) in [5, 5.41) is 3.41. The van der Waals surface area contributed by atoms with E-state index in [4.69, 9.17) is 0 Å². The van der Waals surface area contributed by atoms with E-state index in [-0.39, 0.29) is 0 Å². The number of hydrogen-bond acceptors (Lipinski definition) is 1. The highest BCUT2D eigenvalue weighted by Crippen LogP contribution is 2.23. The second kappa shape index (κ2) is 5.69. The van der Waals surface area contributed by atoms with Crippen molar-refractivity contribution in [2.24, 2.45) is 0 Å². The quantitative estimate of drug-likeness (QED) is 0.820. The third-order valence-electron chi connectivity index (χ3n) is 2.37. The van der Waals surface area contributed by atoms with E-state index >= 15 is 0 Å². The average molecular weight is 288 g/mol. The summed E-state index contributed by atoms with van der Waals surface area (Å²) in [5.41, 5.74) is 3.38. The molecule has 0 radical (unpaired) electrons. The number of hydrogen-bond donors (Lipinski definition) is 1. The van der Waals surface area contributed by atoms with Gasteiger partial charge in [0.2, 0.25) is 0 Å². The maximum absolute atomic E-state index is 3.46. The van der Waals surface area contributed by atoms with Crippen LogP contribution in [0.4, 0.5) is 11.4 Å². The van der Waals surface area contributed by atoms with Gasteiger partial charge in [0.1, 0.15) is 0 Å². The van der Waals surface area contributed by atoms with Crippen LogP contribution in [0.3, 0.4) is 0 Å². The molecule has 0 saturated heterocycles. The standard InChI is InChI=1S/C15H14BrN/c1-12(16)11-13-7-5-6-10-15(13)17-14-8-3-2-4-9-14/h2-11,17H,1H3/b12-11-. The molecule has 0 aliphatic rings. The first-order valence-electron chi connectivity index (χ1n) is 5.50. The van der Waals surface area contributed by atoms with Gasteiger partial charge in [-0.1, -0.05) is 52.3 Å². The summed E-state index contributed by atoms with van der Waals surface area (Å²) in [6, 6.07) is 18.4. The Bertz CT molecular complexity index is 513. The Labute approximate surface area is 110 Å². The van der Waals surface area contributed by atoms with Crippen LogP contribution >= 0.6 is 15.9 Å². The lowest BCUT2D eigenvalue weighted by atomic mass is 10.1. The zero-order valence-corrected chi connectivity index (χ0v) is 11.2. The van der Waals surface area contributed by atoms with Crippen LogP contribution in [0.1, 0.15) is 12.5 Å². The Morgan fingerprint density at radius 2 is 1.65 bits per heavy atom. The summed E-state index contributed by atoms with van der Waals surface area (Å²) in [5.74, 6) is 0. The highest BCUT2D eigenvalue weighted by molar-refractivity contribution is 9.11. The topological polar surface area (TPSA) is 12.0 Å². The minimum absolute atomic E-state index is 1.10. The molecule has 0 spiro atoms. The molecule has 0 atom stereocenters. The van der Waals surface area contributed by atoms with Crippen LogP contribution < -0.4 is 5.32 Å². The van der Waals surface area contributed by atoms with Crippen molar-refractivity contribution in [2.75, 3.05) is 5.32 Å². The van der Waals surface area contributed by atoms with Gasteiger partial charge in [0, 0.05) is 11.4 Å². The third kappa shape index (κ3) is 3.46. The summed E-state index contributed by atoms with van der Waals surface area (Å²) >= 11 is 3.46. The Morgan fingerprint density at radius 3 is 2.35 bits per heavy atom. The van der Waals surface area contributed by atoms with E-state index in [1.165, 1.54) is 5.56 Å². The van der Waals surface area contributed by atoms with E-state index in [9.17, 15) is 0 Å². The third-order valence-corrected chi connectivity index (χ3v) is 2.60. The molecule has 0 unspecified atom stereocenters. The molecule has 0 aromatic heterocycles. The van der Waals surface area contributed by atoms with Gasteiger partial charge in [0.25, 0.3) is 0 Å². The summed E-state index contributed by atoms with van der Waals surface area (Å²) in [6.45, 7) is 2.03. The average Bonchev–Trinajstić information content (AvgIpc) is 2.32. The first kappa shape index (κ1) is 11.9. The van der Waals surface area contributed by atoms with Gasteiger partial charge in [0.15, 0.2) is 0 Å². The Kier molecular flexibility index (Phi) is 3.99. The molecule has 0 saturated carbocycles. The summed E-state index contributed by atoms with van der Waals surface area (Å²) < 4.78 is 1.11. The van der Waals surface area contributed by atoms with Crippen LogP contribution in [0.15, 0.2) is 59.1 Å². The van der Waals surface area contributed by atoms with E-state index in [0.717, 1.165) is 15.9 Å². The fraction of sp³-hybridized carbons (Fsp3) is 0.0667. The van der Waals surface area contributed by atoms with Gasteiger partial charge in [0.05, 0.1) is 0 Å². The van der Waals surface area contributed by atoms with Crippen molar-refractivity contribution < 1.29 is 0 Å². The number of allylic oxidation sites excluding steroid dienone is 1. The van der Waals surface area contributed by atoms with Crippen LogP contribution in [0, 0.1) is 0 Å². The molecule has 0 amide bonds. The van der Waals surface area contributed by atoms with Gasteiger partial charge in [-0.05, 0) is 41.2 Å². The molecule has 86 valence electrons. The number of anilines is 2. The molecule has 2 aromatic rings. The monoisotopic (exact) mass is 287 g/mol. The van der Waals surface area contributed by atoms with Crippen LogP contribution in [-0.2, 0) is 0 Å². The van der Waals surface area contributed by atoms with E-state index in [0.29, 0.717) is 0 Å². The normalized spacial score (nSPS) is 11.3. The number of para-hydroxylation sites is 2. The first-order valence-corrected chi connectivity index (χ1v) is 6.30. The summed E-state index contributed by atoms with van der Waals surface area (Å²) in [7, 11) is 0. The smallest absolute Gasteiger partial charge is 0.0458 e. The maximum Gasteiger partial charge on any atom is 0.0458 e. The molecular formula is C15H14BrN. The van der Waals surface area contributed by atoms with Crippen LogP contribution in [0.25, 0.3) is 6.08 Å². The Balaban J connectivity index is 2.30. The number of nitrogens with one attached hydrogen (secondary N) is 1. The van der Waals surface area contributed by atoms with Crippen molar-refractivity contribution in [1.82, 2.24) is 0 Å². The number of rotatable bonds is 3. The zero-order valence-electron chi connectivity index (χ0n) is 9.65. The highest BCUT2D eigenvalue weighted by atomic mass is 79.9. The molecule has 0 heterocycles. The SMILES string of the molecule is C/C(Br)=C/c1ccccc1Nc1ccccc1. The van der Waals surface area contributed by atoms with Gasteiger partial charge in [-0.2, -0.15) is 0 Å². The Hall–Kier alpha value is -1.54. The van der Waals surface area contributed by atoms with Gasteiger partial charge >= 0.3 is 0 Å². The molecule has 2 aromatic carbocycles. The van der Waals surface area contributed by atoms with E-state index in [1.807, 2.05) is 37.3 Å². The molecule has 0 fully saturated rings. The largest absolute Gasteiger partial charge is 0.355 e. The number of benzene rings is 2. The fourth-order valence-electron chi connectivity index (χ4n) is 1.63. The highest BCUT2D eigenvalue weighted by Gasteiger charge is 1.99. The second-order valence-corrected chi connectivity index (χ2v) is 5.06. The second-order valence-electron chi connectivity index (χ2n) is 3.81. The summed E-state index contributed by atoms with van der Waals surface area (Å²) in [6.07, 6.45) is 2.10. The van der Waals surface area contributed by atoms with Crippen LogP contribution in [0.5, 0.6) is 0 Å². The minimum Gasteiger partial charge on any atom is -0.355 e. The molecule has 2 rings (SSSR count). The molecular weight excluding hydrogens is 274 g/mol. The summed E-state index contributed by atoms with van der Waals surface area (Å²) in [4.78, 5) is 0. The van der Waals surface area contributed by atoms with Gasteiger partial charge < -0.3 is 5.32 Å². The van der Waals surface area contributed by atoms with Gasteiger partial charge in [-0.15, -0.1) is 0 Å². The molecule has 0 bridgehead atoms. The molecule has 0 aliphatic heterocycles. The van der Waals surface area contributed by atoms with E-state index in [2.05, 4.69) is 51.6 Å².